The van der Waals surface area contributed by atoms with Gasteiger partial charge in [0.25, 0.3) is 0 Å². The number of sulfonamides is 1. The predicted octanol–water partition coefficient (Wildman–Crippen LogP) is 3.97. The van der Waals surface area contributed by atoms with E-state index in [9.17, 15) is 8.42 Å². The molecule has 1 N–H and O–H groups in total. The van der Waals surface area contributed by atoms with Gasteiger partial charge in [-0.25, -0.2) is 28.4 Å². The molecule has 14 heteroatoms. The fourth-order valence-electron chi connectivity index (χ4n) is 4.51. The maximum Gasteiger partial charge on any atom is 0.243 e. The number of methoxy groups -OCH3 is 2. The summed E-state index contributed by atoms with van der Waals surface area (Å²) < 4.78 is 43.2. The van der Waals surface area contributed by atoms with E-state index < -0.39 is 15.3 Å². The zero-order chi connectivity index (χ0) is 30.6. The Hall–Kier alpha value is -4.98. The number of nitrogens with one attached hydrogen (secondary N) is 1. The molecule has 0 aliphatic heterocycles. The first-order chi connectivity index (χ1) is 20.7. The number of benzene rings is 1. The lowest BCUT2D eigenvalue weighted by molar-refractivity contribution is 0.391. The Balaban J connectivity index is 1.54. The van der Waals surface area contributed by atoms with E-state index in [0.29, 0.717) is 45.9 Å². The monoisotopic (exact) mass is 601 g/mol. The van der Waals surface area contributed by atoms with Crippen LogP contribution in [0.3, 0.4) is 0 Å². The third-order valence-corrected chi connectivity index (χ3v) is 8.52. The lowest BCUT2D eigenvalue weighted by Gasteiger charge is -2.20. The Morgan fingerprint density at radius 2 is 1.65 bits per heavy atom. The Bertz CT molecular complexity index is 1820. The first-order valence-electron chi connectivity index (χ1n) is 13.5. The minimum atomic E-state index is -4.04. The Morgan fingerprint density at radius 1 is 0.930 bits per heavy atom. The maximum absolute atomic E-state index is 13.9. The van der Waals surface area contributed by atoms with Crippen molar-refractivity contribution in [2.24, 2.45) is 0 Å². The molecule has 0 aliphatic rings. The first kappa shape index (κ1) is 29.5. The fourth-order valence-corrected chi connectivity index (χ4v) is 5.87. The highest BCUT2D eigenvalue weighted by Gasteiger charge is 2.30. The molecule has 4 aromatic heterocycles. The van der Waals surface area contributed by atoms with Crippen LogP contribution in [0.25, 0.3) is 28.6 Å². The zero-order valence-corrected chi connectivity index (χ0v) is 25.2. The van der Waals surface area contributed by atoms with Crippen LogP contribution in [0.4, 0.5) is 5.95 Å². The molecule has 0 amide bonds. The summed E-state index contributed by atoms with van der Waals surface area (Å²) in [4.78, 5) is 21.8. The average Bonchev–Trinajstić information content (AvgIpc) is 3.41. The van der Waals surface area contributed by atoms with E-state index in [2.05, 4.69) is 39.8 Å². The van der Waals surface area contributed by atoms with E-state index in [0.717, 1.165) is 11.1 Å². The molecule has 1 atom stereocenters. The minimum Gasteiger partial charge on any atom is -0.494 e. The van der Waals surface area contributed by atoms with Crippen LogP contribution in [0.5, 0.6) is 11.5 Å². The van der Waals surface area contributed by atoms with E-state index in [1.165, 1.54) is 14.2 Å². The molecule has 4 heterocycles. The van der Waals surface area contributed by atoms with Gasteiger partial charge in [-0.05, 0) is 55.7 Å². The Labute approximate surface area is 249 Å². The first-order valence-corrected chi connectivity index (χ1v) is 15.0. The van der Waals surface area contributed by atoms with Crippen molar-refractivity contribution in [2.75, 3.05) is 18.9 Å². The van der Waals surface area contributed by atoms with Gasteiger partial charge in [-0.15, -0.1) is 10.2 Å². The van der Waals surface area contributed by atoms with Gasteiger partial charge in [0, 0.05) is 43.0 Å². The predicted molar refractivity (Wildman–Crippen MR) is 161 cm³/mol. The number of aromatic nitrogens is 8. The molecule has 0 bridgehead atoms. The Morgan fingerprint density at radius 3 is 2.30 bits per heavy atom. The minimum absolute atomic E-state index is 0.0412. The SMILES string of the molecule is CCC(Cc1nccc(-c2ncc(C)cn2)n1)S(=O)(=O)Nc1nnc(-c2cncc(C)c2)n1-c1c(OC)cccc1OC. The molecule has 0 saturated heterocycles. The van der Waals surface area contributed by atoms with Crippen LogP contribution in [0.1, 0.15) is 30.3 Å². The van der Waals surface area contributed by atoms with Crippen molar-refractivity contribution in [1.29, 1.82) is 0 Å². The summed E-state index contributed by atoms with van der Waals surface area (Å²) in [6.45, 7) is 5.58. The standard InChI is InChI=1S/C29H31N9O4S/c1-6-21(13-25-31-11-10-22(34-25)27-32-15-19(3)16-33-27)43(39,40)37-29-36-35-28(20-12-18(2)14-30-17-20)38(29)26-23(41-4)8-7-9-24(26)42-5/h7-12,14-17,21H,6,13H2,1-5H3,(H,36,37). The summed E-state index contributed by atoms with van der Waals surface area (Å²) in [6.07, 6.45) is 8.63. The highest BCUT2D eigenvalue weighted by molar-refractivity contribution is 7.93. The van der Waals surface area contributed by atoms with Crippen LogP contribution in [-0.2, 0) is 16.4 Å². The number of aryl methyl sites for hydroxylation is 2. The number of hydrogen-bond acceptors (Lipinski definition) is 11. The maximum atomic E-state index is 13.9. The van der Waals surface area contributed by atoms with E-state index in [1.807, 2.05) is 19.9 Å². The summed E-state index contributed by atoms with van der Waals surface area (Å²) in [5.74, 6) is 1.94. The average molecular weight is 602 g/mol. The van der Waals surface area contributed by atoms with Gasteiger partial charge in [0.05, 0.1) is 19.5 Å². The molecular weight excluding hydrogens is 570 g/mol. The molecule has 1 aromatic carbocycles. The fraction of sp³-hybridized carbons (Fsp3) is 0.276. The van der Waals surface area contributed by atoms with Gasteiger partial charge in [0.2, 0.25) is 16.0 Å². The van der Waals surface area contributed by atoms with E-state index in [-0.39, 0.29) is 18.8 Å². The van der Waals surface area contributed by atoms with Gasteiger partial charge in [-0.1, -0.05) is 13.0 Å². The van der Waals surface area contributed by atoms with E-state index in [4.69, 9.17) is 9.47 Å². The van der Waals surface area contributed by atoms with Crippen LogP contribution in [0.2, 0.25) is 0 Å². The van der Waals surface area contributed by atoms with Gasteiger partial charge < -0.3 is 9.47 Å². The number of hydrogen-bond donors (Lipinski definition) is 1. The second-order valence-corrected chi connectivity index (χ2v) is 11.7. The van der Waals surface area contributed by atoms with Crippen molar-refractivity contribution in [2.45, 2.75) is 38.9 Å². The molecule has 5 rings (SSSR count). The second kappa shape index (κ2) is 12.5. The van der Waals surface area contributed by atoms with Crippen molar-refractivity contribution in [3.63, 3.8) is 0 Å². The van der Waals surface area contributed by atoms with Gasteiger partial charge in [-0.2, -0.15) is 0 Å². The number of anilines is 1. The van der Waals surface area contributed by atoms with Crippen molar-refractivity contribution >= 4 is 16.0 Å². The molecule has 0 fully saturated rings. The molecule has 1 unspecified atom stereocenters. The quantitative estimate of drug-likeness (QED) is 0.233. The lowest BCUT2D eigenvalue weighted by Crippen LogP contribution is -2.31. The smallest absolute Gasteiger partial charge is 0.243 e. The highest BCUT2D eigenvalue weighted by atomic mass is 32.2. The van der Waals surface area contributed by atoms with Gasteiger partial charge >= 0.3 is 0 Å². The topological polar surface area (TPSA) is 160 Å². The third kappa shape index (κ3) is 6.28. The van der Waals surface area contributed by atoms with E-state index >= 15 is 0 Å². The molecule has 5 aromatic rings. The summed E-state index contributed by atoms with van der Waals surface area (Å²) >= 11 is 0. The van der Waals surface area contributed by atoms with Gasteiger partial charge in [0.15, 0.2) is 11.6 Å². The Kier molecular flexibility index (Phi) is 8.57. The van der Waals surface area contributed by atoms with Gasteiger partial charge in [-0.3, -0.25) is 14.3 Å². The summed E-state index contributed by atoms with van der Waals surface area (Å²) in [6, 6.07) is 8.82. The molecule has 13 nitrogen and oxygen atoms in total. The number of nitrogens with zero attached hydrogens (tertiary/aromatic N) is 8. The molecule has 43 heavy (non-hydrogen) atoms. The number of ether oxygens (including phenoxy) is 2. The van der Waals surface area contributed by atoms with Gasteiger partial charge in [0.1, 0.15) is 28.7 Å². The molecule has 0 radical (unpaired) electrons. The third-order valence-electron chi connectivity index (χ3n) is 6.68. The zero-order valence-electron chi connectivity index (χ0n) is 24.4. The summed E-state index contributed by atoms with van der Waals surface area (Å²) in [5.41, 5.74) is 3.37. The van der Waals surface area contributed by atoms with Crippen molar-refractivity contribution in [3.8, 4) is 40.1 Å². The lowest BCUT2D eigenvalue weighted by atomic mass is 10.2. The van der Waals surface area contributed by atoms with Crippen molar-refractivity contribution in [3.05, 3.63) is 78.3 Å². The number of para-hydroxylation sites is 1. The van der Waals surface area contributed by atoms with Crippen molar-refractivity contribution < 1.29 is 17.9 Å². The van der Waals surface area contributed by atoms with E-state index in [1.54, 1.807) is 66.7 Å². The normalized spacial score (nSPS) is 12.1. The molecule has 0 saturated carbocycles. The van der Waals surface area contributed by atoms with Crippen LogP contribution in [-0.4, -0.2) is 67.6 Å². The summed E-state index contributed by atoms with van der Waals surface area (Å²) in [7, 11) is -1.00. The molecule has 0 aliphatic carbocycles. The second-order valence-electron chi connectivity index (χ2n) is 9.77. The van der Waals surface area contributed by atoms with Crippen LogP contribution >= 0.6 is 0 Å². The van der Waals surface area contributed by atoms with Crippen molar-refractivity contribution in [1.82, 2.24) is 39.7 Å². The largest absolute Gasteiger partial charge is 0.494 e. The molecule has 0 spiro atoms. The summed E-state index contributed by atoms with van der Waals surface area (Å²) in [5, 5.41) is 7.72. The van der Waals surface area contributed by atoms with Crippen LogP contribution < -0.4 is 14.2 Å². The molecule has 222 valence electrons. The number of pyridine rings is 1. The van der Waals surface area contributed by atoms with Crippen LogP contribution in [0.15, 0.2) is 61.3 Å². The van der Waals surface area contributed by atoms with Crippen LogP contribution in [0, 0.1) is 13.8 Å². The molecular formula is C29H31N9O4S. The number of rotatable bonds is 11. The highest BCUT2D eigenvalue weighted by Crippen LogP contribution is 2.38.